The molecule has 380 valence electrons. The molecule has 2 aromatic heterocycles. The van der Waals surface area contributed by atoms with E-state index in [9.17, 15) is 0 Å². The molecule has 16 rings (SSSR count). The van der Waals surface area contributed by atoms with Gasteiger partial charge in [-0.1, -0.05) is 182 Å². The summed E-state index contributed by atoms with van der Waals surface area (Å²) in [6.07, 6.45) is 0. The quantitative estimate of drug-likeness (QED) is 0.136. The molecular weight excluding hydrogens is 989 g/mol. The number of fused-ring (bicyclic) bond motifs is 12. The minimum atomic E-state index is -0.685. The van der Waals surface area contributed by atoms with Crippen molar-refractivity contribution in [2.24, 2.45) is 0 Å². The lowest BCUT2D eigenvalue weighted by atomic mass is 9.70. The Morgan fingerprint density at radius 3 is 1.04 bits per heavy atom. The molecule has 2 aliphatic rings. The number of benzene rings is 12. The molecule has 2 aliphatic carbocycles. The maximum Gasteiger partial charge on any atom is 0.227 e. The van der Waals surface area contributed by atoms with Gasteiger partial charge in [-0.2, -0.15) is 0 Å². The molecule has 14 aromatic rings. The number of hydrogen-bond donors (Lipinski definition) is 0. The second-order valence-electron chi connectivity index (χ2n) is 20.9. The zero-order valence-corrected chi connectivity index (χ0v) is 43.8. The number of hydrogen-bond acceptors (Lipinski definition) is 6. The van der Waals surface area contributed by atoms with Crippen LogP contribution in [0, 0.1) is 0 Å². The zero-order valence-electron chi connectivity index (χ0n) is 43.8. The molecule has 0 amide bonds. The minimum absolute atomic E-state index is 0.579. The third-order valence-electron chi connectivity index (χ3n) is 16.3. The normalized spacial score (nSPS) is 12.5. The van der Waals surface area contributed by atoms with E-state index in [0.717, 1.165) is 78.6 Å². The topological polar surface area (TPSA) is 58.5 Å². The van der Waals surface area contributed by atoms with Gasteiger partial charge in [-0.3, -0.25) is 0 Å². The van der Waals surface area contributed by atoms with Crippen LogP contribution in [-0.4, -0.2) is 9.97 Å². The average molecular weight is 1040 g/mol. The van der Waals surface area contributed by atoms with Gasteiger partial charge in [0.05, 0.1) is 5.41 Å². The summed E-state index contributed by atoms with van der Waals surface area (Å²) < 4.78 is 12.8. The molecule has 0 unspecified atom stereocenters. The van der Waals surface area contributed by atoms with Gasteiger partial charge in [-0.05, 0) is 176 Å². The number of aromatic nitrogens is 2. The summed E-state index contributed by atoms with van der Waals surface area (Å²) >= 11 is 0. The zero-order chi connectivity index (χ0) is 53.4. The van der Waals surface area contributed by atoms with E-state index in [-0.39, 0.29) is 0 Å². The van der Waals surface area contributed by atoms with Crippen LogP contribution in [0.5, 0.6) is 0 Å². The summed E-state index contributed by atoms with van der Waals surface area (Å²) in [7, 11) is 0. The van der Waals surface area contributed by atoms with E-state index < -0.39 is 5.41 Å². The molecule has 12 aromatic carbocycles. The van der Waals surface area contributed by atoms with Gasteiger partial charge >= 0.3 is 0 Å². The molecule has 6 heteroatoms. The second-order valence-corrected chi connectivity index (χ2v) is 20.9. The Balaban J connectivity index is 0.893. The van der Waals surface area contributed by atoms with Crippen molar-refractivity contribution >= 4 is 56.3 Å². The smallest absolute Gasteiger partial charge is 0.227 e. The highest BCUT2D eigenvalue weighted by Gasteiger charge is 2.52. The standard InChI is InChI=1S/C75H48N4O2/c1-3-17-49(18-4-1)51-33-37-55(38-34-51)78(57-23-15-21-53(45-57)73-76-69-29-11-13-31-71(69)80-73)59-41-43-63-61-25-7-9-27-65(61)75(67(63)47-59)66-28-10-8-26-62(66)64-44-42-60(48-68(64)75)79(56-39-35-52(36-40-56)50-19-5-2-6-20-50)58-24-16-22-54(46-58)74-77-70-30-12-14-32-72(70)81-74/h1-48H. The first-order valence-electron chi connectivity index (χ1n) is 27.4. The molecule has 81 heavy (non-hydrogen) atoms. The number of para-hydroxylation sites is 4. The van der Waals surface area contributed by atoms with E-state index >= 15 is 0 Å². The van der Waals surface area contributed by atoms with Crippen molar-refractivity contribution in [3.8, 4) is 67.4 Å². The molecule has 0 aliphatic heterocycles. The van der Waals surface area contributed by atoms with E-state index in [1.807, 2.05) is 48.5 Å². The van der Waals surface area contributed by atoms with Crippen LogP contribution in [0.1, 0.15) is 22.3 Å². The van der Waals surface area contributed by atoms with Gasteiger partial charge in [0.15, 0.2) is 11.2 Å². The van der Waals surface area contributed by atoms with Crippen molar-refractivity contribution in [2.45, 2.75) is 5.41 Å². The highest BCUT2D eigenvalue weighted by atomic mass is 16.4. The minimum Gasteiger partial charge on any atom is -0.436 e. The van der Waals surface area contributed by atoms with Crippen LogP contribution in [0.3, 0.4) is 0 Å². The summed E-state index contributed by atoms with van der Waals surface area (Å²) in [5, 5.41) is 0. The number of oxazole rings is 2. The summed E-state index contributed by atoms with van der Waals surface area (Å²) in [6.45, 7) is 0. The van der Waals surface area contributed by atoms with Crippen molar-refractivity contribution in [3.63, 3.8) is 0 Å². The van der Waals surface area contributed by atoms with Crippen molar-refractivity contribution < 1.29 is 8.83 Å². The van der Waals surface area contributed by atoms with Crippen LogP contribution in [0.4, 0.5) is 34.1 Å². The van der Waals surface area contributed by atoms with Crippen LogP contribution in [0.25, 0.3) is 89.6 Å². The van der Waals surface area contributed by atoms with Crippen molar-refractivity contribution in [2.75, 3.05) is 9.80 Å². The van der Waals surface area contributed by atoms with Gasteiger partial charge in [-0.15, -0.1) is 0 Å². The van der Waals surface area contributed by atoms with E-state index in [2.05, 4.69) is 252 Å². The fourth-order valence-corrected chi connectivity index (χ4v) is 12.7. The van der Waals surface area contributed by atoms with Crippen molar-refractivity contribution in [1.82, 2.24) is 9.97 Å². The Labute approximate surface area is 468 Å². The number of rotatable bonds is 10. The first-order valence-corrected chi connectivity index (χ1v) is 27.4. The Morgan fingerprint density at radius 1 is 0.247 bits per heavy atom. The molecule has 1 spiro atoms. The SMILES string of the molecule is c1ccc(-c2ccc(N(c3cccc(-c4nc5ccccc5o4)c3)c3ccc4c(c3)C3(c5ccccc5-4)c4ccccc4-c4ccc(N(c5ccc(-c6ccccc6)cc5)c5cccc(-c6nc7ccccc7o6)c5)cc43)cc2)cc1. The van der Waals surface area contributed by atoms with Gasteiger partial charge < -0.3 is 18.6 Å². The van der Waals surface area contributed by atoms with Gasteiger partial charge in [0.2, 0.25) is 11.8 Å². The summed E-state index contributed by atoms with van der Waals surface area (Å²) in [5.41, 5.74) is 24.8. The average Bonchev–Trinajstić information content (AvgIpc) is 2.63. The first kappa shape index (κ1) is 46.3. The van der Waals surface area contributed by atoms with Gasteiger partial charge in [-0.25, -0.2) is 9.97 Å². The highest BCUT2D eigenvalue weighted by Crippen LogP contribution is 2.64. The maximum absolute atomic E-state index is 6.39. The predicted molar refractivity (Wildman–Crippen MR) is 329 cm³/mol. The molecule has 0 saturated heterocycles. The molecule has 0 atom stereocenters. The fraction of sp³-hybridized carbons (Fsp3) is 0.0133. The summed E-state index contributed by atoms with van der Waals surface area (Å²) in [4.78, 5) is 14.6. The van der Waals surface area contributed by atoms with Crippen LogP contribution in [-0.2, 0) is 5.41 Å². The van der Waals surface area contributed by atoms with E-state index in [4.69, 9.17) is 18.8 Å². The molecule has 2 heterocycles. The Hall–Kier alpha value is -10.8. The lowest BCUT2D eigenvalue weighted by molar-refractivity contribution is 0.619. The summed E-state index contributed by atoms with van der Waals surface area (Å²) in [6, 6.07) is 104. The Bertz CT molecular complexity index is 4350. The van der Waals surface area contributed by atoms with Crippen molar-refractivity contribution in [1.29, 1.82) is 0 Å². The molecule has 0 radical (unpaired) electrons. The van der Waals surface area contributed by atoms with E-state index in [0.29, 0.717) is 11.8 Å². The van der Waals surface area contributed by atoms with Gasteiger partial charge in [0, 0.05) is 45.3 Å². The van der Waals surface area contributed by atoms with Crippen LogP contribution in [0.15, 0.2) is 300 Å². The van der Waals surface area contributed by atoms with Crippen LogP contribution < -0.4 is 9.80 Å². The van der Waals surface area contributed by atoms with E-state index in [1.165, 1.54) is 55.6 Å². The second kappa shape index (κ2) is 18.7. The third kappa shape index (κ3) is 7.56. The van der Waals surface area contributed by atoms with Crippen LogP contribution >= 0.6 is 0 Å². The number of anilines is 6. The summed E-state index contributed by atoms with van der Waals surface area (Å²) in [5.74, 6) is 1.16. The predicted octanol–water partition coefficient (Wildman–Crippen LogP) is 19.9. The van der Waals surface area contributed by atoms with Gasteiger partial charge in [0.1, 0.15) is 11.0 Å². The fourth-order valence-electron chi connectivity index (χ4n) is 12.7. The number of nitrogens with zero attached hydrogens (tertiary/aromatic N) is 4. The molecule has 0 saturated carbocycles. The Kier molecular flexibility index (Phi) is 10.7. The maximum atomic E-state index is 6.39. The Morgan fingerprint density at radius 2 is 0.593 bits per heavy atom. The monoisotopic (exact) mass is 1040 g/mol. The molecule has 6 nitrogen and oxygen atoms in total. The highest BCUT2D eigenvalue weighted by molar-refractivity contribution is 5.98. The van der Waals surface area contributed by atoms with Crippen LogP contribution in [0.2, 0.25) is 0 Å². The lowest BCUT2D eigenvalue weighted by Gasteiger charge is -2.33. The van der Waals surface area contributed by atoms with Crippen molar-refractivity contribution in [3.05, 3.63) is 313 Å². The molecule has 0 fully saturated rings. The molecular formula is C75H48N4O2. The lowest BCUT2D eigenvalue weighted by Crippen LogP contribution is -2.26. The van der Waals surface area contributed by atoms with E-state index in [1.54, 1.807) is 0 Å². The van der Waals surface area contributed by atoms with Gasteiger partial charge in [0.25, 0.3) is 0 Å². The molecule has 0 N–H and O–H groups in total. The molecule has 0 bridgehead atoms. The first-order chi connectivity index (χ1) is 40.1. The third-order valence-corrected chi connectivity index (χ3v) is 16.3. The largest absolute Gasteiger partial charge is 0.436 e.